The first-order chi connectivity index (χ1) is 16.2. The van der Waals surface area contributed by atoms with Crippen LogP contribution in [0.5, 0.6) is 5.75 Å². The zero-order valence-electron chi connectivity index (χ0n) is 18.9. The molecule has 0 bridgehead atoms. The van der Waals surface area contributed by atoms with Crippen LogP contribution in [-0.2, 0) is 6.54 Å². The molecular weight excluding hydrogens is 420 g/mol. The van der Waals surface area contributed by atoms with E-state index in [2.05, 4.69) is 30.7 Å². The average molecular weight is 453 g/mol. The van der Waals surface area contributed by atoms with Gasteiger partial charge in [-0.3, -0.25) is 0 Å². The third-order valence-corrected chi connectivity index (χ3v) is 5.46. The number of methoxy groups -OCH3 is 1. The molecule has 176 valence electrons. The molecule has 3 aromatic rings. The number of ether oxygens (including phenoxy) is 1. The molecule has 2 aromatic heterocycles. The van der Waals surface area contributed by atoms with E-state index in [4.69, 9.17) is 9.15 Å². The fourth-order valence-corrected chi connectivity index (χ4v) is 3.51. The summed E-state index contributed by atoms with van der Waals surface area (Å²) in [7, 11) is 1.62. The van der Waals surface area contributed by atoms with Crippen molar-refractivity contribution in [2.24, 2.45) is 0 Å². The highest BCUT2D eigenvalue weighted by molar-refractivity contribution is 5.74. The summed E-state index contributed by atoms with van der Waals surface area (Å²) < 4.78 is 10.8. The molecule has 1 saturated heterocycles. The molecule has 0 radical (unpaired) electrons. The first kappa shape index (κ1) is 22.6. The number of urea groups is 1. The number of anilines is 1. The molecular formula is C24H32N6O3. The van der Waals surface area contributed by atoms with E-state index in [1.165, 1.54) is 19.3 Å². The molecule has 5 rings (SSSR count). The second-order valence-electron chi connectivity index (χ2n) is 8.08. The fourth-order valence-electron chi connectivity index (χ4n) is 3.51. The van der Waals surface area contributed by atoms with Gasteiger partial charge in [0.2, 0.25) is 5.89 Å². The van der Waals surface area contributed by atoms with Crippen LogP contribution in [0.1, 0.15) is 39.4 Å². The van der Waals surface area contributed by atoms with E-state index < -0.39 is 0 Å². The summed E-state index contributed by atoms with van der Waals surface area (Å²) in [6, 6.07) is 11.7. The molecule has 9 heteroatoms. The summed E-state index contributed by atoms with van der Waals surface area (Å²) in [6.07, 6.45) is 9.42. The number of oxazole rings is 1. The molecule has 0 spiro atoms. The predicted octanol–water partition coefficient (Wildman–Crippen LogP) is 4.02. The summed E-state index contributed by atoms with van der Waals surface area (Å²) in [5.74, 6) is 2.90. The molecule has 1 aromatic carbocycles. The van der Waals surface area contributed by atoms with Crippen LogP contribution < -0.4 is 20.3 Å². The Morgan fingerprint density at radius 2 is 2.06 bits per heavy atom. The van der Waals surface area contributed by atoms with Gasteiger partial charge in [-0.05, 0) is 56.4 Å². The molecule has 3 heterocycles. The number of hydrogen-bond donors (Lipinski definition) is 2. The van der Waals surface area contributed by atoms with Crippen molar-refractivity contribution in [1.82, 2.24) is 25.8 Å². The SMILES string of the molecule is COc1cccc(-c2cnc(CNC(=O)NC3CC3)o2)c1.[HH].c1cnnc(N2CCCCC2)c1. The molecule has 33 heavy (non-hydrogen) atoms. The van der Waals surface area contributed by atoms with Gasteiger partial charge >= 0.3 is 6.03 Å². The van der Waals surface area contributed by atoms with Gasteiger partial charge in [0.05, 0.1) is 19.9 Å². The van der Waals surface area contributed by atoms with Crippen LogP contribution in [0, 0.1) is 0 Å². The van der Waals surface area contributed by atoms with E-state index in [0.29, 0.717) is 17.7 Å². The van der Waals surface area contributed by atoms with Crippen molar-refractivity contribution >= 4 is 11.8 Å². The zero-order chi connectivity index (χ0) is 22.9. The maximum Gasteiger partial charge on any atom is 0.315 e. The number of nitrogens with one attached hydrogen (secondary N) is 2. The highest BCUT2D eigenvalue weighted by Crippen LogP contribution is 2.24. The van der Waals surface area contributed by atoms with Gasteiger partial charge < -0.3 is 24.7 Å². The van der Waals surface area contributed by atoms with Crippen LogP contribution in [0.25, 0.3) is 11.3 Å². The number of carbonyl (C=O) groups excluding carboxylic acids is 1. The van der Waals surface area contributed by atoms with Crippen molar-refractivity contribution in [3.63, 3.8) is 0 Å². The van der Waals surface area contributed by atoms with E-state index in [0.717, 1.165) is 43.1 Å². The second-order valence-corrected chi connectivity index (χ2v) is 8.08. The molecule has 1 saturated carbocycles. The van der Waals surface area contributed by atoms with Gasteiger partial charge in [-0.25, -0.2) is 9.78 Å². The van der Waals surface area contributed by atoms with Crippen molar-refractivity contribution < 1.29 is 15.4 Å². The zero-order valence-corrected chi connectivity index (χ0v) is 18.9. The summed E-state index contributed by atoms with van der Waals surface area (Å²) in [6.45, 7) is 2.54. The highest BCUT2D eigenvalue weighted by atomic mass is 16.5. The Hall–Kier alpha value is -3.62. The minimum Gasteiger partial charge on any atom is -0.497 e. The number of hydrogen-bond acceptors (Lipinski definition) is 7. The first-order valence-corrected chi connectivity index (χ1v) is 11.4. The van der Waals surface area contributed by atoms with E-state index in [1.807, 2.05) is 36.4 Å². The Morgan fingerprint density at radius 1 is 1.21 bits per heavy atom. The predicted molar refractivity (Wildman–Crippen MR) is 127 cm³/mol. The lowest BCUT2D eigenvalue weighted by molar-refractivity contribution is 0.239. The van der Waals surface area contributed by atoms with E-state index in [1.54, 1.807) is 19.5 Å². The topological polar surface area (TPSA) is 105 Å². The summed E-state index contributed by atoms with van der Waals surface area (Å²) in [5.41, 5.74) is 0.885. The van der Waals surface area contributed by atoms with Crippen molar-refractivity contribution in [3.8, 4) is 17.1 Å². The lowest BCUT2D eigenvalue weighted by atomic mass is 10.1. The molecule has 2 aliphatic rings. The van der Waals surface area contributed by atoms with Crippen molar-refractivity contribution in [2.45, 2.75) is 44.7 Å². The molecule has 1 aliphatic carbocycles. The fraction of sp³-hybridized carbons (Fsp3) is 0.417. The van der Waals surface area contributed by atoms with Crippen LogP contribution in [0.2, 0.25) is 0 Å². The smallest absolute Gasteiger partial charge is 0.315 e. The molecule has 2 amide bonds. The lowest BCUT2D eigenvalue weighted by Crippen LogP contribution is -2.36. The number of aromatic nitrogens is 3. The Bertz CT molecular complexity index is 1020. The standard InChI is InChI=1S/C15H17N3O3.C9H13N3.H2/c1-20-12-4-2-3-10(7-12)13-8-16-14(21-13)9-17-15(19)18-11-5-6-11;1-2-7-12(8-3-1)9-5-4-6-10-11-9;/h2-4,7-8,11H,5-6,9H2,1H3,(H2,17,18,19);4-6H,1-3,7-8H2;1H. The number of nitrogens with zero attached hydrogens (tertiary/aromatic N) is 4. The number of amides is 2. The minimum absolute atomic E-state index is 0. The third kappa shape index (κ3) is 6.93. The maximum absolute atomic E-state index is 11.5. The Morgan fingerprint density at radius 3 is 2.79 bits per heavy atom. The van der Waals surface area contributed by atoms with Crippen LogP contribution >= 0.6 is 0 Å². The monoisotopic (exact) mass is 452 g/mol. The Balaban J connectivity index is 0.000000212. The van der Waals surface area contributed by atoms with Crippen LogP contribution in [0.3, 0.4) is 0 Å². The first-order valence-electron chi connectivity index (χ1n) is 11.4. The quantitative estimate of drug-likeness (QED) is 0.582. The van der Waals surface area contributed by atoms with Gasteiger partial charge in [0.1, 0.15) is 5.75 Å². The lowest BCUT2D eigenvalue weighted by Gasteiger charge is -2.26. The number of benzene rings is 1. The minimum atomic E-state index is -0.182. The van der Waals surface area contributed by atoms with Gasteiger partial charge in [0, 0.05) is 32.3 Å². The van der Waals surface area contributed by atoms with Gasteiger partial charge in [0.25, 0.3) is 0 Å². The van der Waals surface area contributed by atoms with Crippen molar-refractivity contribution in [1.29, 1.82) is 0 Å². The Kier molecular flexibility index (Phi) is 7.73. The summed E-state index contributed by atoms with van der Waals surface area (Å²) in [5, 5.41) is 13.5. The number of piperidine rings is 1. The van der Waals surface area contributed by atoms with Gasteiger partial charge in [-0.15, -0.1) is 5.10 Å². The average Bonchev–Trinajstić information content (AvgIpc) is 3.56. The number of rotatable bonds is 6. The van der Waals surface area contributed by atoms with Gasteiger partial charge in [-0.1, -0.05) is 12.1 Å². The van der Waals surface area contributed by atoms with E-state index in [-0.39, 0.29) is 14.0 Å². The van der Waals surface area contributed by atoms with E-state index in [9.17, 15) is 4.79 Å². The molecule has 0 unspecified atom stereocenters. The van der Waals surface area contributed by atoms with Crippen LogP contribution in [-0.4, -0.2) is 47.5 Å². The maximum atomic E-state index is 11.5. The van der Waals surface area contributed by atoms with Crippen LogP contribution in [0.15, 0.2) is 53.2 Å². The molecule has 9 nitrogen and oxygen atoms in total. The van der Waals surface area contributed by atoms with Crippen molar-refractivity contribution in [3.05, 3.63) is 54.7 Å². The number of carbonyl (C=O) groups is 1. The largest absolute Gasteiger partial charge is 0.497 e. The third-order valence-electron chi connectivity index (χ3n) is 5.46. The highest BCUT2D eigenvalue weighted by Gasteiger charge is 2.23. The summed E-state index contributed by atoms with van der Waals surface area (Å²) in [4.78, 5) is 18.0. The van der Waals surface area contributed by atoms with Crippen molar-refractivity contribution in [2.75, 3.05) is 25.1 Å². The van der Waals surface area contributed by atoms with E-state index >= 15 is 0 Å². The normalized spacial score (nSPS) is 15.2. The van der Waals surface area contributed by atoms with Gasteiger partial charge in [0.15, 0.2) is 11.6 Å². The Labute approximate surface area is 195 Å². The molecule has 1 aliphatic heterocycles. The molecule has 2 fully saturated rings. The molecule has 2 N–H and O–H groups in total. The summed E-state index contributed by atoms with van der Waals surface area (Å²) >= 11 is 0. The van der Waals surface area contributed by atoms with Gasteiger partial charge in [-0.2, -0.15) is 5.10 Å². The van der Waals surface area contributed by atoms with Crippen LogP contribution in [0.4, 0.5) is 10.6 Å². The second kappa shape index (κ2) is 11.3. The molecule has 0 atom stereocenters.